The van der Waals surface area contributed by atoms with Crippen molar-refractivity contribution in [2.75, 3.05) is 13.2 Å². The largest absolute Gasteiger partial charge is 0.381 e. The molecule has 2 heterocycles. The molecule has 1 aliphatic heterocycles. The number of hydrogen-bond acceptors (Lipinski definition) is 5. The molecule has 13 heavy (non-hydrogen) atoms. The van der Waals surface area contributed by atoms with Crippen LogP contribution in [0.2, 0.25) is 0 Å². The van der Waals surface area contributed by atoms with E-state index in [4.69, 9.17) is 10.5 Å². The summed E-state index contributed by atoms with van der Waals surface area (Å²) in [6, 6.07) is 0. The molecule has 0 bridgehead atoms. The van der Waals surface area contributed by atoms with Gasteiger partial charge in [-0.1, -0.05) is 0 Å². The summed E-state index contributed by atoms with van der Waals surface area (Å²) in [5.74, 6) is 1.28. The Bertz CT molecular complexity index is 268. The van der Waals surface area contributed by atoms with Crippen LogP contribution in [0.3, 0.4) is 0 Å². The second-order valence-corrected chi connectivity index (χ2v) is 3.21. The number of hydrogen-bond donors (Lipinski definition) is 1. The van der Waals surface area contributed by atoms with Gasteiger partial charge in [0.2, 0.25) is 0 Å². The molecule has 0 amide bonds. The van der Waals surface area contributed by atoms with Gasteiger partial charge in [0.25, 0.3) is 0 Å². The van der Waals surface area contributed by atoms with Gasteiger partial charge in [-0.15, -0.1) is 5.10 Å². The maximum atomic E-state index is 5.47. The van der Waals surface area contributed by atoms with Crippen molar-refractivity contribution < 1.29 is 4.74 Å². The topological polar surface area (TPSA) is 78.9 Å². The van der Waals surface area contributed by atoms with E-state index in [0.29, 0.717) is 12.5 Å². The first-order chi connectivity index (χ1) is 6.40. The van der Waals surface area contributed by atoms with E-state index >= 15 is 0 Å². The molecule has 1 aromatic heterocycles. The van der Waals surface area contributed by atoms with Gasteiger partial charge in [0.05, 0.1) is 13.2 Å². The van der Waals surface area contributed by atoms with Crippen molar-refractivity contribution in [3.63, 3.8) is 0 Å². The second kappa shape index (κ2) is 3.80. The average Bonchev–Trinajstić information content (AvgIpc) is 2.76. The normalized spacial score (nSPS) is 22.4. The van der Waals surface area contributed by atoms with Crippen LogP contribution in [0.15, 0.2) is 0 Å². The zero-order valence-electron chi connectivity index (χ0n) is 7.39. The van der Waals surface area contributed by atoms with Crippen molar-refractivity contribution in [2.45, 2.75) is 19.5 Å². The molecule has 1 aromatic rings. The number of rotatable bonds is 3. The van der Waals surface area contributed by atoms with Crippen LogP contribution in [0.4, 0.5) is 0 Å². The first kappa shape index (κ1) is 8.58. The van der Waals surface area contributed by atoms with Crippen LogP contribution in [-0.4, -0.2) is 33.4 Å². The Balaban J connectivity index is 1.99. The van der Waals surface area contributed by atoms with Gasteiger partial charge in [-0.2, -0.15) is 0 Å². The highest BCUT2D eigenvalue weighted by atomic mass is 16.5. The highest BCUT2D eigenvalue weighted by Crippen LogP contribution is 2.14. The molecular weight excluding hydrogens is 170 g/mol. The minimum absolute atomic E-state index is 0.389. The highest BCUT2D eigenvalue weighted by Gasteiger charge is 2.17. The Morgan fingerprint density at radius 1 is 1.62 bits per heavy atom. The van der Waals surface area contributed by atoms with E-state index in [1.807, 2.05) is 0 Å². The molecule has 0 radical (unpaired) electrons. The van der Waals surface area contributed by atoms with Gasteiger partial charge in [0, 0.05) is 19.1 Å². The summed E-state index contributed by atoms with van der Waals surface area (Å²) in [4.78, 5) is 0. The van der Waals surface area contributed by atoms with E-state index in [2.05, 4.69) is 15.5 Å². The van der Waals surface area contributed by atoms with Crippen LogP contribution in [0, 0.1) is 5.92 Å². The molecule has 1 aliphatic rings. The molecule has 1 unspecified atom stereocenters. The van der Waals surface area contributed by atoms with Crippen LogP contribution < -0.4 is 5.73 Å². The molecule has 6 heteroatoms. The molecule has 72 valence electrons. The average molecular weight is 183 g/mol. The van der Waals surface area contributed by atoms with Crippen LogP contribution in [-0.2, 0) is 17.8 Å². The van der Waals surface area contributed by atoms with E-state index in [1.165, 1.54) is 0 Å². The van der Waals surface area contributed by atoms with E-state index in [1.54, 1.807) is 4.68 Å². The minimum atomic E-state index is 0.389. The van der Waals surface area contributed by atoms with Gasteiger partial charge in [0.15, 0.2) is 5.82 Å². The Morgan fingerprint density at radius 2 is 2.54 bits per heavy atom. The summed E-state index contributed by atoms with van der Waals surface area (Å²) in [5, 5.41) is 11.3. The Hall–Kier alpha value is -1.01. The van der Waals surface area contributed by atoms with Gasteiger partial charge in [-0.25, -0.2) is 4.68 Å². The van der Waals surface area contributed by atoms with Crippen molar-refractivity contribution >= 4 is 0 Å². The Kier molecular flexibility index (Phi) is 2.51. The number of ether oxygens (including phenoxy) is 1. The van der Waals surface area contributed by atoms with Gasteiger partial charge in [-0.05, 0) is 16.8 Å². The summed E-state index contributed by atoms with van der Waals surface area (Å²) in [6.07, 6.45) is 1.09. The first-order valence-electron chi connectivity index (χ1n) is 4.43. The minimum Gasteiger partial charge on any atom is -0.381 e. The van der Waals surface area contributed by atoms with Crippen LogP contribution in [0.5, 0.6) is 0 Å². The van der Waals surface area contributed by atoms with E-state index in [-0.39, 0.29) is 0 Å². The predicted molar refractivity (Wildman–Crippen MR) is 44.6 cm³/mol. The fourth-order valence-corrected chi connectivity index (χ4v) is 1.48. The van der Waals surface area contributed by atoms with Gasteiger partial charge < -0.3 is 10.5 Å². The zero-order chi connectivity index (χ0) is 9.10. The summed E-state index contributed by atoms with van der Waals surface area (Å²) < 4.78 is 7.03. The van der Waals surface area contributed by atoms with Crippen LogP contribution in [0.1, 0.15) is 12.2 Å². The van der Waals surface area contributed by atoms with Gasteiger partial charge in [0.1, 0.15) is 0 Å². The summed E-state index contributed by atoms with van der Waals surface area (Å²) in [5.41, 5.74) is 5.47. The molecule has 1 fully saturated rings. The third-order valence-electron chi connectivity index (χ3n) is 2.24. The van der Waals surface area contributed by atoms with Crippen LogP contribution >= 0.6 is 0 Å². The number of nitrogens with two attached hydrogens (primary N) is 1. The molecule has 2 rings (SSSR count). The zero-order valence-corrected chi connectivity index (χ0v) is 7.39. The SMILES string of the molecule is NCc1nnnn1CC1CCOC1. The standard InChI is InChI=1S/C7H13N5O/c8-3-7-9-10-11-12(7)4-6-1-2-13-5-6/h6H,1-5,8H2. The third-order valence-corrected chi connectivity index (χ3v) is 2.24. The van der Waals surface area contributed by atoms with Crippen molar-refractivity contribution in [3.8, 4) is 0 Å². The molecule has 0 spiro atoms. The van der Waals surface area contributed by atoms with Crippen LogP contribution in [0.25, 0.3) is 0 Å². The lowest BCUT2D eigenvalue weighted by Crippen LogP contribution is -2.16. The fourth-order valence-electron chi connectivity index (χ4n) is 1.48. The monoisotopic (exact) mass is 183 g/mol. The molecule has 0 aliphatic carbocycles. The molecule has 6 nitrogen and oxygen atoms in total. The lowest BCUT2D eigenvalue weighted by molar-refractivity contribution is 0.181. The maximum absolute atomic E-state index is 5.47. The molecule has 1 atom stereocenters. The predicted octanol–water partition coefficient (Wildman–Crippen LogP) is -0.832. The molecule has 0 saturated carbocycles. The van der Waals surface area contributed by atoms with Crippen molar-refractivity contribution in [1.29, 1.82) is 0 Å². The van der Waals surface area contributed by atoms with Crippen molar-refractivity contribution in [1.82, 2.24) is 20.2 Å². The second-order valence-electron chi connectivity index (χ2n) is 3.21. The highest BCUT2D eigenvalue weighted by molar-refractivity contribution is 4.79. The Morgan fingerprint density at radius 3 is 3.23 bits per heavy atom. The van der Waals surface area contributed by atoms with Crippen molar-refractivity contribution in [3.05, 3.63) is 5.82 Å². The lowest BCUT2D eigenvalue weighted by atomic mass is 10.1. The molecular formula is C7H13N5O. The number of tetrazole rings is 1. The molecule has 2 N–H and O–H groups in total. The van der Waals surface area contributed by atoms with E-state index < -0.39 is 0 Å². The number of nitrogens with zero attached hydrogens (tertiary/aromatic N) is 4. The van der Waals surface area contributed by atoms with E-state index in [9.17, 15) is 0 Å². The van der Waals surface area contributed by atoms with Crippen molar-refractivity contribution in [2.24, 2.45) is 11.7 Å². The third kappa shape index (κ3) is 1.84. The fraction of sp³-hybridized carbons (Fsp3) is 0.857. The van der Waals surface area contributed by atoms with Gasteiger partial charge >= 0.3 is 0 Å². The summed E-state index contributed by atoms with van der Waals surface area (Å²) >= 11 is 0. The van der Waals surface area contributed by atoms with Gasteiger partial charge in [-0.3, -0.25) is 0 Å². The van der Waals surface area contributed by atoms with E-state index in [0.717, 1.165) is 32.0 Å². The Labute approximate surface area is 76.1 Å². The summed E-state index contributed by atoms with van der Waals surface area (Å²) in [6.45, 7) is 2.87. The maximum Gasteiger partial charge on any atom is 0.164 e. The smallest absolute Gasteiger partial charge is 0.164 e. The molecule has 0 aromatic carbocycles. The first-order valence-corrected chi connectivity index (χ1v) is 4.43. The number of aromatic nitrogens is 4. The molecule has 1 saturated heterocycles. The quantitative estimate of drug-likeness (QED) is 0.661. The summed E-state index contributed by atoms with van der Waals surface area (Å²) in [7, 11) is 0. The lowest BCUT2D eigenvalue weighted by Gasteiger charge is -2.07.